The Morgan fingerprint density at radius 2 is 2.12 bits per heavy atom. The summed E-state index contributed by atoms with van der Waals surface area (Å²) in [5.74, 6) is 1.88. The minimum Gasteiger partial charge on any atom is -0.396 e. The third-order valence-corrected chi connectivity index (χ3v) is 4.29. The zero-order chi connectivity index (χ0) is 18.3. The lowest BCUT2D eigenvalue weighted by molar-refractivity contribution is 0.127. The van der Waals surface area contributed by atoms with Gasteiger partial charge in [0.25, 0.3) is 0 Å². The fourth-order valence-electron chi connectivity index (χ4n) is 2.70. The van der Waals surface area contributed by atoms with Gasteiger partial charge in [0.2, 0.25) is 5.89 Å². The first-order valence-corrected chi connectivity index (χ1v) is 8.92. The topological polar surface area (TPSA) is 105 Å². The van der Waals surface area contributed by atoms with Gasteiger partial charge in [-0.25, -0.2) is 4.99 Å². The van der Waals surface area contributed by atoms with E-state index in [0.29, 0.717) is 37.4 Å². The third kappa shape index (κ3) is 6.66. The Bertz CT molecular complexity index is 565. The molecule has 3 N–H and O–H groups in total. The molecule has 1 aromatic heterocycles. The number of nitrogens with zero attached hydrogens (tertiary/aromatic N) is 3. The minimum atomic E-state index is -0.170. The predicted octanol–water partition coefficient (Wildman–Crippen LogP) is 1.83. The molecule has 150 valence electrons. The van der Waals surface area contributed by atoms with E-state index < -0.39 is 0 Å². The van der Waals surface area contributed by atoms with Crippen LogP contribution in [0.15, 0.2) is 9.52 Å². The van der Waals surface area contributed by atoms with Crippen molar-refractivity contribution in [2.24, 2.45) is 10.4 Å². The van der Waals surface area contributed by atoms with Crippen molar-refractivity contribution in [3.05, 3.63) is 11.7 Å². The number of hydrogen-bond donors (Lipinski definition) is 3. The molecule has 1 aliphatic heterocycles. The summed E-state index contributed by atoms with van der Waals surface area (Å²) in [5, 5.41) is 19.9. The first kappa shape index (κ1) is 23.1. The van der Waals surface area contributed by atoms with Crippen molar-refractivity contribution >= 4 is 29.9 Å². The number of aliphatic imine (C=N–C) groups is 1. The largest absolute Gasteiger partial charge is 0.396 e. The average molecular weight is 481 g/mol. The Kier molecular flexibility index (Phi) is 9.25. The summed E-state index contributed by atoms with van der Waals surface area (Å²) in [6.45, 7) is 11.5. The molecule has 0 aromatic carbocycles. The van der Waals surface area contributed by atoms with Gasteiger partial charge >= 0.3 is 0 Å². The summed E-state index contributed by atoms with van der Waals surface area (Å²) in [4.78, 5) is 8.94. The smallest absolute Gasteiger partial charge is 0.232 e. The fourth-order valence-corrected chi connectivity index (χ4v) is 2.70. The molecule has 8 nitrogen and oxygen atoms in total. The van der Waals surface area contributed by atoms with Crippen LogP contribution in [0, 0.1) is 5.41 Å². The second kappa shape index (κ2) is 10.4. The van der Waals surface area contributed by atoms with Gasteiger partial charge in [0.1, 0.15) is 6.54 Å². The molecule has 0 bridgehead atoms. The number of aromatic nitrogens is 2. The number of aliphatic hydroxyl groups excluding tert-OH is 1. The second-order valence-corrected chi connectivity index (χ2v) is 7.59. The van der Waals surface area contributed by atoms with E-state index in [2.05, 4.69) is 25.8 Å². The summed E-state index contributed by atoms with van der Waals surface area (Å²) in [7, 11) is 0. The summed E-state index contributed by atoms with van der Waals surface area (Å²) in [5.41, 5.74) is -0.201. The van der Waals surface area contributed by atoms with E-state index in [1.54, 1.807) is 0 Å². The highest BCUT2D eigenvalue weighted by atomic mass is 127. The van der Waals surface area contributed by atoms with E-state index in [0.717, 1.165) is 26.0 Å². The fraction of sp³-hybridized carbons (Fsp3) is 0.824. The van der Waals surface area contributed by atoms with Gasteiger partial charge in [-0.15, -0.1) is 24.0 Å². The SMILES string of the molecule is CCNC(=NCc1noc(C(C)(C)C)n1)NCC1(CCO)CCOC1.I. The van der Waals surface area contributed by atoms with E-state index >= 15 is 0 Å². The number of aliphatic hydroxyl groups is 1. The van der Waals surface area contributed by atoms with Crippen LogP contribution in [0.2, 0.25) is 0 Å². The van der Waals surface area contributed by atoms with Gasteiger partial charge in [-0.1, -0.05) is 25.9 Å². The molecule has 0 radical (unpaired) electrons. The Morgan fingerprint density at radius 1 is 1.35 bits per heavy atom. The number of halogens is 1. The molecule has 0 amide bonds. The summed E-state index contributed by atoms with van der Waals surface area (Å²) >= 11 is 0. The predicted molar refractivity (Wildman–Crippen MR) is 111 cm³/mol. The van der Waals surface area contributed by atoms with Crippen molar-refractivity contribution in [2.75, 3.05) is 32.9 Å². The summed E-state index contributed by atoms with van der Waals surface area (Å²) in [6.07, 6.45) is 1.67. The van der Waals surface area contributed by atoms with Crippen LogP contribution < -0.4 is 10.6 Å². The highest BCUT2D eigenvalue weighted by Crippen LogP contribution is 2.31. The lowest BCUT2D eigenvalue weighted by Gasteiger charge is -2.27. The quantitative estimate of drug-likeness (QED) is 0.310. The van der Waals surface area contributed by atoms with Crippen LogP contribution >= 0.6 is 24.0 Å². The van der Waals surface area contributed by atoms with Gasteiger partial charge < -0.3 is 25.0 Å². The number of guanidine groups is 1. The maximum Gasteiger partial charge on any atom is 0.232 e. The Morgan fingerprint density at radius 3 is 2.65 bits per heavy atom. The van der Waals surface area contributed by atoms with Gasteiger partial charge in [0.15, 0.2) is 11.8 Å². The molecule has 1 atom stereocenters. The maximum absolute atomic E-state index is 9.32. The minimum absolute atomic E-state index is 0. The van der Waals surface area contributed by atoms with E-state index in [1.165, 1.54) is 0 Å². The molecule has 1 aliphatic rings. The number of ether oxygens (including phenoxy) is 1. The van der Waals surface area contributed by atoms with Gasteiger partial charge in [-0.2, -0.15) is 4.98 Å². The van der Waals surface area contributed by atoms with Crippen LogP contribution in [-0.4, -0.2) is 54.1 Å². The van der Waals surface area contributed by atoms with Gasteiger partial charge in [-0.3, -0.25) is 0 Å². The van der Waals surface area contributed by atoms with Crippen LogP contribution in [0.3, 0.4) is 0 Å². The first-order chi connectivity index (χ1) is 11.9. The van der Waals surface area contributed by atoms with E-state index in [4.69, 9.17) is 9.26 Å². The van der Waals surface area contributed by atoms with E-state index in [1.807, 2.05) is 27.7 Å². The van der Waals surface area contributed by atoms with Crippen molar-refractivity contribution in [3.63, 3.8) is 0 Å². The van der Waals surface area contributed by atoms with Crippen LogP contribution in [0.25, 0.3) is 0 Å². The molecule has 1 saturated heterocycles. The van der Waals surface area contributed by atoms with Crippen molar-refractivity contribution in [3.8, 4) is 0 Å². The zero-order valence-corrected chi connectivity index (χ0v) is 18.5. The van der Waals surface area contributed by atoms with Crippen molar-refractivity contribution in [2.45, 2.75) is 52.5 Å². The lowest BCUT2D eigenvalue weighted by Crippen LogP contribution is -2.44. The highest BCUT2D eigenvalue weighted by Gasteiger charge is 2.34. The standard InChI is InChI=1S/C17H31N5O3.HI/c1-5-18-15(20-11-17(6-8-23)7-9-24-12-17)19-10-13-21-14(25-22-13)16(2,3)4;/h23H,5-12H2,1-4H3,(H2,18,19,20);1H. The number of hydrogen-bond acceptors (Lipinski definition) is 6. The van der Waals surface area contributed by atoms with Crippen LogP contribution in [-0.2, 0) is 16.7 Å². The lowest BCUT2D eigenvalue weighted by atomic mass is 9.84. The molecule has 1 fully saturated rings. The summed E-state index contributed by atoms with van der Waals surface area (Å²) < 4.78 is 10.8. The molecule has 0 saturated carbocycles. The van der Waals surface area contributed by atoms with Crippen LogP contribution in [0.1, 0.15) is 52.3 Å². The van der Waals surface area contributed by atoms with Gasteiger partial charge in [0, 0.05) is 37.1 Å². The van der Waals surface area contributed by atoms with Gasteiger partial charge in [0.05, 0.1) is 6.61 Å². The van der Waals surface area contributed by atoms with Crippen molar-refractivity contribution in [1.29, 1.82) is 0 Å². The van der Waals surface area contributed by atoms with E-state index in [9.17, 15) is 5.11 Å². The number of nitrogens with one attached hydrogen (secondary N) is 2. The molecule has 2 rings (SSSR count). The third-order valence-electron chi connectivity index (χ3n) is 4.29. The number of rotatable bonds is 7. The Hall–Kier alpha value is -0.940. The van der Waals surface area contributed by atoms with Crippen LogP contribution in [0.4, 0.5) is 0 Å². The molecule has 1 aromatic rings. The molecule has 0 spiro atoms. The van der Waals surface area contributed by atoms with E-state index in [-0.39, 0.29) is 41.4 Å². The van der Waals surface area contributed by atoms with Crippen molar-refractivity contribution in [1.82, 2.24) is 20.8 Å². The molecule has 26 heavy (non-hydrogen) atoms. The first-order valence-electron chi connectivity index (χ1n) is 8.92. The highest BCUT2D eigenvalue weighted by molar-refractivity contribution is 14.0. The molecule has 9 heteroatoms. The summed E-state index contributed by atoms with van der Waals surface area (Å²) in [6, 6.07) is 0. The Labute approximate surface area is 172 Å². The second-order valence-electron chi connectivity index (χ2n) is 7.59. The molecular formula is C17H32IN5O3. The monoisotopic (exact) mass is 481 g/mol. The average Bonchev–Trinajstić information content (AvgIpc) is 3.20. The normalized spacial score (nSPS) is 20.7. The maximum atomic E-state index is 9.32. The van der Waals surface area contributed by atoms with Gasteiger partial charge in [-0.05, 0) is 19.8 Å². The molecule has 0 aliphatic carbocycles. The molecule has 2 heterocycles. The molecular weight excluding hydrogens is 449 g/mol. The molecule has 1 unspecified atom stereocenters. The zero-order valence-electron chi connectivity index (χ0n) is 16.2. The van der Waals surface area contributed by atoms with Crippen molar-refractivity contribution < 1.29 is 14.4 Å². The Balaban J connectivity index is 0.00000338. The van der Waals surface area contributed by atoms with Crippen LogP contribution in [0.5, 0.6) is 0 Å².